The summed E-state index contributed by atoms with van der Waals surface area (Å²) >= 11 is 3.19. The van der Waals surface area contributed by atoms with Crippen LogP contribution < -0.4 is 10.2 Å². The normalized spacial score (nSPS) is 18.0. The van der Waals surface area contributed by atoms with E-state index in [1.165, 1.54) is 18.7 Å². The molecule has 1 aliphatic carbocycles. The van der Waals surface area contributed by atoms with E-state index in [0.717, 1.165) is 24.2 Å². The molecule has 1 aromatic heterocycles. The van der Waals surface area contributed by atoms with Crippen LogP contribution in [0, 0.1) is 5.82 Å². The average Bonchev–Trinajstić information content (AvgIpc) is 2.59. The maximum absolute atomic E-state index is 14.4. The number of hydrogen-bond donors (Lipinski definition) is 0. The van der Waals surface area contributed by atoms with E-state index < -0.39 is 11.7 Å². The van der Waals surface area contributed by atoms with Crippen LogP contribution in [-0.4, -0.2) is 11.7 Å². The molecule has 1 atom stereocenters. The van der Waals surface area contributed by atoms with E-state index in [4.69, 9.17) is 4.74 Å². The highest BCUT2D eigenvalue weighted by molar-refractivity contribution is 9.10. The van der Waals surface area contributed by atoms with Gasteiger partial charge in [0.05, 0.1) is 23.2 Å². The Morgan fingerprint density at radius 1 is 1.31 bits per heavy atom. The fourth-order valence-corrected chi connectivity index (χ4v) is 3.60. The number of benzene rings is 1. The molecule has 3 rings (SSSR count). The summed E-state index contributed by atoms with van der Waals surface area (Å²) in [5.74, 6) is -0.266. The third kappa shape index (κ3) is 3.51. The molecule has 0 N–H and O–H groups in total. The van der Waals surface area contributed by atoms with E-state index in [0.29, 0.717) is 28.4 Å². The van der Waals surface area contributed by atoms with Gasteiger partial charge in [0.15, 0.2) is 11.2 Å². The lowest BCUT2D eigenvalue weighted by Gasteiger charge is -2.24. The fraction of sp³-hybridized carbons (Fsp3) is 0.389. The standard InChI is InChI=1S/C18H17BrF4N2O/c1-25-9-10(18(21,22)23)8-15(26-2)17(25)24-14-5-3-4-12-11(14)6-7-13(19)16(12)20/h6-9,14H,3-5H2,1-2H3/b24-17-. The number of fused-ring (bicyclic) bond motifs is 1. The summed E-state index contributed by atoms with van der Waals surface area (Å²) in [5, 5.41) is 0. The molecule has 1 aromatic carbocycles. The number of halogens is 5. The lowest BCUT2D eigenvalue weighted by Crippen LogP contribution is -2.24. The molecule has 3 nitrogen and oxygen atoms in total. The van der Waals surface area contributed by atoms with Crippen LogP contribution in [0.2, 0.25) is 0 Å². The summed E-state index contributed by atoms with van der Waals surface area (Å²) in [6.07, 6.45) is -1.44. The highest BCUT2D eigenvalue weighted by Gasteiger charge is 2.32. The molecule has 0 amide bonds. The number of methoxy groups -OCH3 is 1. The number of aryl methyl sites for hydroxylation is 1. The van der Waals surface area contributed by atoms with Crippen molar-refractivity contribution >= 4 is 15.9 Å². The number of rotatable bonds is 2. The predicted octanol–water partition coefficient (Wildman–Crippen LogP) is 4.93. The first-order valence-electron chi connectivity index (χ1n) is 8.05. The maximum Gasteiger partial charge on any atom is 0.417 e. The second-order valence-electron chi connectivity index (χ2n) is 6.20. The summed E-state index contributed by atoms with van der Waals surface area (Å²) in [7, 11) is 2.79. The lowest BCUT2D eigenvalue weighted by molar-refractivity contribution is -0.138. The van der Waals surface area contributed by atoms with Crippen molar-refractivity contribution in [3.8, 4) is 5.75 Å². The Hall–Kier alpha value is -1.83. The van der Waals surface area contributed by atoms with Gasteiger partial charge in [-0.05, 0) is 58.5 Å². The molecule has 8 heteroatoms. The summed E-state index contributed by atoms with van der Waals surface area (Å²) in [6, 6.07) is 4.04. The monoisotopic (exact) mass is 432 g/mol. The van der Waals surface area contributed by atoms with E-state index in [1.54, 1.807) is 6.07 Å². The van der Waals surface area contributed by atoms with E-state index in [2.05, 4.69) is 20.9 Å². The molecule has 1 heterocycles. The van der Waals surface area contributed by atoms with Crippen LogP contribution in [0.1, 0.15) is 35.6 Å². The van der Waals surface area contributed by atoms with Crippen molar-refractivity contribution in [3.63, 3.8) is 0 Å². The van der Waals surface area contributed by atoms with Gasteiger partial charge in [-0.3, -0.25) is 4.99 Å². The quantitative estimate of drug-likeness (QED) is 0.617. The minimum absolute atomic E-state index is 0.0343. The Morgan fingerprint density at radius 2 is 2.04 bits per heavy atom. The van der Waals surface area contributed by atoms with Gasteiger partial charge in [-0.25, -0.2) is 4.39 Å². The van der Waals surface area contributed by atoms with Crippen LogP contribution in [0.25, 0.3) is 0 Å². The van der Waals surface area contributed by atoms with Gasteiger partial charge in [0.2, 0.25) is 0 Å². The third-order valence-corrected chi connectivity index (χ3v) is 5.11. The third-order valence-electron chi connectivity index (χ3n) is 4.49. The van der Waals surface area contributed by atoms with Gasteiger partial charge < -0.3 is 9.30 Å². The van der Waals surface area contributed by atoms with Crippen molar-refractivity contribution in [2.24, 2.45) is 12.0 Å². The van der Waals surface area contributed by atoms with E-state index in [9.17, 15) is 17.6 Å². The number of alkyl halides is 3. The van der Waals surface area contributed by atoms with E-state index >= 15 is 0 Å². The Morgan fingerprint density at radius 3 is 2.69 bits per heavy atom. The zero-order chi connectivity index (χ0) is 19.1. The fourth-order valence-electron chi connectivity index (χ4n) is 3.23. The molecule has 0 aliphatic heterocycles. The van der Waals surface area contributed by atoms with Gasteiger partial charge in [-0.1, -0.05) is 6.07 Å². The minimum atomic E-state index is -4.48. The molecule has 1 unspecified atom stereocenters. The van der Waals surface area contributed by atoms with Crippen LogP contribution in [0.15, 0.2) is 33.9 Å². The highest BCUT2D eigenvalue weighted by Crippen LogP contribution is 2.36. The molecule has 0 spiro atoms. The van der Waals surface area contributed by atoms with Gasteiger partial charge >= 0.3 is 6.18 Å². The van der Waals surface area contributed by atoms with Crippen molar-refractivity contribution in [2.75, 3.05) is 7.11 Å². The van der Waals surface area contributed by atoms with Gasteiger partial charge in [0.1, 0.15) is 5.82 Å². The van der Waals surface area contributed by atoms with Gasteiger partial charge in [0.25, 0.3) is 0 Å². The second-order valence-corrected chi connectivity index (χ2v) is 7.05. The van der Waals surface area contributed by atoms with Crippen molar-refractivity contribution in [2.45, 2.75) is 31.5 Å². The highest BCUT2D eigenvalue weighted by atomic mass is 79.9. The second kappa shape index (κ2) is 7.06. The predicted molar refractivity (Wildman–Crippen MR) is 92.3 cm³/mol. The molecule has 140 valence electrons. The summed E-state index contributed by atoms with van der Waals surface area (Å²) < 4.78 is 60.2. The molecule has 0 bridgehead atoms. The number of aromatic nitrogens is 1. The largest absolute Gasteiger partial charge is 0.493 e. The summed E-state index contributed by atoms with van der Waals surface area (Å²) in [6.45, 7) is 0. The van der Waals surface area contributed by atoms with Crippen LogP contribution in [0.3, 0.4) is 0 Å². The molecular weight excluding hydrogens is 416 g/mol. The van der Waals surface area contributed by atoms with Crippen molar-refractivity contribution < 1.29 is 22.3 Å². The zero-order valence-electron chi connectivity index (χ0n) is 14.2. The van der Waals surface area contributed by atoms with E-state index in [-0.39, 0.29) is 17.6 Å². The Labute approximate surface area is 156 Å². The van der Waals surface area contributed by atoms with E-state index in [1.807, 2.05) is 6.07 Å². The molecule has 26 heavy (non-hydrogen) atoms. The van der Waals surface area contributed by atoms with Gasteiger partial charge in [-0.15, -0.1) is 0 Å². The molecular formula is C18H17BrF4N2O. The van der Waals surface area contributed by atoms with Gasteiger partial charge in [0, 0.05) is 13.2 Å². The smallest absolute Gasteiger partial charge is 0.417 e. The number of nitrogens with zero attached hydrogens (tertiary/aromatic N) is 2. The molecule has 0 saturated heterocycles. The molecule has 0 radical (unpaired) electrons. The first-order chi connectivity index (χ1) is 12.2. The van der Waals surface area contributed by atoms with Crippen molar-refractivity contribution in [1.29, 1.82) is 0 Å². The first-order valence-corrected chi connectivity index (χ1v) is 8.84. The molecule has 1 aliphatic rings. The number of hydrogen-bond acceptors (Lipinski definition) is 2. The topological polar surface area (TPSA) is 26.5 Å². The van der Waals surface area contributed by atoms with Crippen LogP contribution >= 0.6 is 15.9 Å². The zero-order valence-corrected chi connectivity index (χ0v) is 15.8. The molecule has 0 fully saturated rings. The number of pyridine rings is 1. The SMILES string of the molecule is COc1cc(C(F)(F)F)cn(C)/c1=N\C1CCCc2c1ccc(Br)c2F. The van der Waals surface area contributed by atoms with Crippen LogP contribution in [0.5, 0.6) is 5.75 Å². The molecule has 0 saturated carbocycles. The summed E-state index contributed by atoms with van der Waals surface area (Å²) in [5.41, 5.74) is 0.850. The van der Waals surface area contributed by atoms with Gasteiger partial charge in [-0.2, -0.15) is 13.2 Å². The lowest BCUT2D eigenvalue weighted by atomic mass is 9.87. The molecule has 2 aromatic rings. The minimum Gasteiger partial charge on any atom is -0.493 e. The Kier molecular flexibility index (Phi) is 5.14. The van der Waals surface area contributed by atoms with Crippen LogP contribution in [-0.2, 0) is 19.6 Å². The number of ether oxygens (including phenoxy) is 1. The Balaban J connectivity index is 2.14. The van der Waals surface area contributed by atoms with Crippen LogP contribution in [0.4, 0.5) is 17.6 Å². The van der Waals surface area contributed by atoms with Crippen molar-refractivity contribution in [1.82, 2.24) is 4.57 Å². The van der Waals surface area contributed by atoms with Crippen molar-refractivity contribution in [3.05, 3.63) is 56.9 Å². The maximum atomic E-state index is 14.4. The summed E-state index contributed by atoms with van der Waals surface area (Å²) in [4.78, 5) is 4.61. The first kappa shape index (κ1) is 18.9. The average molecular weight is 433 g/mol. The Bertz CT molecular complexity index is 905.